The summed E-state index contributed by atoms with van der Waals surface area (Å²) in [5, 5.41) is 1.73. The van der Waals surface area contributed by atoms with Gasteiger partial charge >= 0.3 is 17.9 Å². The summed E-state index contributed by atoms with van der Waals surface area (Å²) in [5.41, 5.74) is 10.0. The van der Waals surface area contributed by atoms with Gasteiger partial charge in [-0.25, -0.2) is 14.4 Å². The Bertz CT molecular complexity index is 3540. The maximum atomic E-state index is 13.5. The van der Waals surface area contributed by atoms with Crippen LogP contribution in [0.1, 0.15) is 157 Å². The molecule has 0 unspecified atom stereocenters. The van der Waals surface area contributed by atoms with E-state index >= 15 is 0 Å². The molecule has 8 aromatic carbocycles. The van der Waals surface area contributed by atoms with E-state index in [1.54, 1.807) is 73.8 Å². The van der Waals surface area contributed by atoms with Gasteiger partial charge in [-0.1, -0.05) is 105 Å². The molecule has 0 bridgehead atoms. The third-order valence-electron chi connectivity index (χ3n) is 16.1. The van der Waals surface area contributed by atoms with Gasteiger partial charge in [0.2, 0.25) is 0 Å². The quantitative estimate of drug-likeness (QED) is 0.0596. The van der Waals surface area contributed by atoms with Gasteiger partial charge in [0.1, 0.15) is 34.5 Å². The lowest BCUT2D eigenvalue weighted by molar-refractivity contribution is 0.0724. The molecule has 2 fully saturated rings. The first kappa shape index (κ1) is 52.2. The second-order valence-corrected chi connectivity index (χ2v) is 21.1. The predicted octanol–water partition coefficient (Wildman–Crippen LogP) is 16.2. The Hall–Kier alpha value is -8.30. The van der Waals surface area contributed by atoms with Crippen molar-refractivity contribution in [3.63, 3.8) is 0 Å². The highest BCUT2D eigenvalue weighted by Gasteiger charge is 2.38. The second-order valence-electron chi connectivity index (χ2n) is 21.1. The molecule has 9 heteroatoms. The average molecular weight is 1030 g/mol. The summed E-state index contributed by atoms with van der Waals surface area (Å²) in [4.78, 5) is 52.2. The van der Waals surface area contributed by atoms with Crippen molar-refractivity contribution >= 4 is 34.5 Å². The monoisotopic (exact) mass is 1020 g/mol. The third kappa shape index (κ3) is 10.9. The number of hydrogen-bond acceptors (Lipinski definition) is 9. The summed E-state index contributed by atoms with van der Waals surface area (Å²) < 4.78 is 29.6. The van der Waals surface area contributed by atoms with E-state index in [1.165, 1.54) is 24.5 Å². The summed E-state index contributed by atoms with van der Waals surface area (Å²) in [6.07, 6.45) is 10.9. The number of rotatable bonds is 14. The van der Waals surface area contributed by atoms with Crippen molar-refractivity contribution < 1.29 is 42.9 Å². The van der Waals surface area contributed by atoms with Crippen LogP contribution in [0, 0.1) is 27.7 Å². The lowest BCUT2D eigenvalue weighted by atomic mass is 9.65. The molecule has 2 saturated carbocycles. The summed E-state index contributed by atoms with van der Waals surface area (Å²) in [6.45, 7) is 9.55. The minimum Gasteiger partial charge on any atom is -0.496 e. The molecule has 0 saturated heterocycles. The largest absolute Gasteiger partial charge is 0.496 e. The lowest BCUT2D eigenvalue weighted by Crippen LogP contribution is -2.30. The third-order valence-corrected chi connectivity index (χ3v) is 16.1. The van der Waals surface area contributed by atoms with Crippen LogP contribution in [0.2, 0.25) is 0 Å². The molecule has 0 amide bonds. The fraction of sp³-hybridized carbons (Fsp3) is 0.265. The number of hydrogen-bond donors (Lipinski definition) is 0. The van der Waals surface area contributed by atoms with Crippen LogP contribution in [-0.4, -0.2) is 30.8 Å². The van der Waals surface area contributed by atoms with E-state index < -0.39 is 17.9 Å². The molecule has 0 aliphatic heterocycles. The van der Waals surface area contributed by atoms with Gasteiger partial charge in [0.25, 0.3) is 0 Å². The second kappa shape index (κ2) is 22.1. The molecule has 10 rings (SSSR count). The van der Waals surface area contributed by atoms with Crippen molar-refractivity contribution in [2.75, 3.05) is 7.11 Å². The molecule has 8 aromatic rings. The van der Waals surface area contributed by atoms with Crippen LogP contribution in [0.3, 0.4) is 0 Å². The smallest absolute Gasteiger partial charge is 0.343 e. The topological polar surface area (TPSA) is 114 Å². The maximum Gasteiger partial charge on any atom is 0.343 e. The Labute approximate surface area is 451 Å². The summed E-state index contributed by atoms with van der Waals surface area (Å²) in [5.74, 6) is 2.03. The van der Waals surface area contributed by atoms with E-state index in [2.05, 4.69) is 61.5 Å². The number of carbonyl (C=O) groups excluding carboxylic acids is 4. The molecule has 2 aliphatic rings. The van der Waals surface area contributed by atoms with Crippen LogP contribution < -0.4 is 23.7 Å². The first-order valence-corrected chi connectivity index (χ1v) is 26.8. The number of ketones is 1. The van der Waals surface area contributed by atoms with E-state index in [0.717, 1.165) is 108 Å². The van der Waals surface area contributed by atoms with Crippen molar-refractivity contribution in [2.24, 2.45) is 0 Å². The number of esters is 3. The molecule has 0 aromatic heterocycles. The minimum absolute atomic E-state index is 0.00864. The van der Waals surface area contributed by atoms with E-state index in [4.69, 9.17) is 23.7 Å². The number of fused-ring (bicyclic) bond motifs is 1. The molecule has 0 spiro atoms. The highest BCUT2D eigenvalue weighted by atomic mass is 16.5. The Morgan fingerprint density at radius 2 is 0.688 bits per heavy atom. The lowest BCUT2D eigenvalue weighted by Gasteiger charge is -2.39. The molecular weight excluding hydrogens is 961 g/mol. The number of Topliss-reactive ketones (excluding diaryl/α,β-unsaturated/α-hetero) is 1. The van der Waals surface area contributed by atoms with Crippen LogP contribution in [0.4, 0.5) is 0 Å². The molecule has 0 N–H and O–H groups in total. The highest BCUT2D eigenvalue weighted by Crippen LogP contribution is 2.48. The Kier molecular flexibility index (Phi) is 15.0. The number of benzene rings is 8. The molecule has 0 radical (unpaired) electrons. The summed E-state index contributed by atoms with van der Waals surface area (Å²) in [7, 11) is 1.71. The van der Waals surface area contributed by atoms with Crippen LogP contribution in [-0.2, 0) is 10.8 Å². The van der Waals surface area contributed by atoms with Gasteiger partial charge in [0, 0.05) is 16.4 Å². The first-order chi connectivity index (χ1) is 37.2. The Morgan fingerprint density at radius 1 is 0.364 bits per heavy atom. The SMILES string of the molecule is COc1ccc(C2(c3ccc(OC(=O)c4ccc(Oc5ccc(C(=O)Oc6ccc(C7(c8ccc(OC(=O)c9ccc%10cc(C(C)=O)ccc%10c9)c(C)c8)CCCCC7)cc6C)cc5)cc4)c(C)c3)CCCCC2)cc1C. The number of methoxy groups -OCH3 is 1. The molecule has 0 atom stereocenters. The zero-order valence-corrected chi connectivity index (χ0v) is 44.8. The minimum atomic E-state index is -0.486. The summed E-state index contributed by atoms with van der Waals surface area (Å²) >= 11 is 0. The Balaban J connectivity index is 0.757. The zero-order valence-electron chi connectivity index (χ0n) is 44.8. The maximum absolute atomic E-state index is 13.5. The highest BCUT2D eigenvalue weighted by molar-refractivity contribution is 6.01. The number of ether oxygens (including phenoxy) is 5. The van der Waals surface area contributed by atoms with Gasteiger partial charge in [-0.15, -0.1) is 0 Å². The first-order valence-electron chi connectivity index (χ1n) is 26.8. The normalized spacial score (nSPS) is 14.8. The Morgan fingerprint density at radius 3 is 1.04 bits per heavy atom. The van der Waals surface area contributed by atoms with Crippen LogP contribution >= 0.6 is 0 Å². The van der Waals surface area contributed by atoms with E-state index in [0.29, 0.717) is 51.0 Å². The van der Waals surface area contributed by atoms with Gasteiger partial charge in [-0.05, 0) is 207 Å². The van der Waals surface area contributed by atoms with Crippen molar-refractivity contribution in [1.29, 1.82) is 0 Å². The molecule has 2 aliphatic carbocycles. The molecule has 9 nitrogen and oxygen atoms in total. The molecular formula is C68H64O9. The van der Waals surface area contributed by atoms with Crippen molar-refractivity contribution in [3.05, 3.63) is 224 Å². The predicted molar refractivity (Wildman–Crippen MR) is 301 cm³/mol. The average Bonchev–Trinajstić information content (AvgIpc) is 3.46. The molecule has 390 valence electrons. The van der Waals surface area contributed by atoms with Crippen LogP contribution in [0.25, 0.3) is 10.8 Å². The van der Waals surface area contributed by atoms with Gasteiger partial charge in [0.15, 0.2) is 5.78 Å². The van der Waals surface area contributed by atoms with Crippen LogP contribution in [0.15, 0.2) is 158 Å². The van der Waals surface area contributed by atoms with E-state index in [-0.39, 0.29) is 16.6 Å². The van der Waals surface area contributed by atoms with Crippen molar-refractivity contribution in [3.8, 4) is 34.5 Å². The fourth-order valence-corrected chi connectivity index (χ4v) is 11.7. The van der Waals surface area contributed by atoms with Gasteiger partial charge < -0.3 is 23.7 Å². The van der Waals surface area contributed by atoms with Gasteiger partial charge in [-0.3, -0.25) is 4.79 Å². The van der Waals surface area contributed by atoms with E-state index in [1.807, 2.05) is 57.2 Å². The number of aryl methyl sites for hydroxylation is 4. The van der Waals surface area contributed by atoms with Crippen molar-refractivity contribution in [1.82, 2.24) is 0 Å². The zero-order chi connectivity index (χ0) is 53.8. The van der Waals surface area contributed by atoms with Crippen LogP contribution in [0.5, 0.6) is 34.5 Å². The molecule has 0 heterocycles. The van der Waals surface area contributed by atoms with Gasteiger partial charge in [-0.2, -0.15) is 0 Å². The number of carbonyl (C=O) groups is 4. The standard InChI is InChI=1S/C68H64O9/c1-43-37-54(21-29-60(43)73-6)67(33-9-7-10-34-67)55-22-30-61(44(2)38-55)75-64(70)48-17-25-58(26-18-48)74-59-27-19-49(20-28-59)65(71)76-62-31-23-56(39-45(62)3)68(35-11-8-12-36-68)57-24-32-63(46(4)40-57)77-66(72)53-16-15-51-41-50(47(5)69)13-14-52(51)42-53/h13-32,37-42H,7-12,33-36H2,1-6H3. The van der Waals surface area contributed by atoms with E-state index in [9.17, 15) is 19.2 Å². The fourth-order valence-electron chi connectivity index (χ4n) is 11.7. The molecule has 77 heavy (non-hydrogen) atoms. The summed E-state index contributed by atoms with van der Waals surface area (Å²) in [6, 6.07) is 49.3. The van der Waals surface area contributed by atoms with Gasteiger partial charge in [0.05, 0.1) is 23.8 Å². The van der Waals surface area contributed by atoms with Crippen molar-refractivity contribution in [2.45, 2.75) is 110 Å².